The van der Waals surface area contributed by atoms with Gasteiger partial charge in [0, 0.05) is 4.78 Å². The average Bonchev–Trinajstić information content (AvgIpc) is 2.33. The van der Waals surface area contributed by atoms with Gasteiger partial charge in [-0.05, 0) is 6.07 Å². The smallest absolute Gasteiger partial charge is 0.423 e. The Bertz CT molecular complexity index is 273. The third-order valence-corrected chi connectivity index (χ3v) is 2.63. The Morgan fingerprint density at radius 2 is 2.18 bits per heavy atom. The Hall–Kier alpha value is -0.425. The highest BCUT2D eigenvalue weighted by atomic mass is 32.1. The van der Waals surface area contributed by atoms with E-state index in [1.165, 1.54) is 11.3 Å². The van der Waals surface area contributed by atoms with E-state index >= 15 is 0 Å². The van der Waals surface area contributed by atoms with Crippen LogP contribution in [0.25, 0.3) is 0 Å². The zero-order valence-electron chi connectivity index (χ0n) is 5.52. The first-order valence-electron chi connectivity index (χ1n) is 2.87. The fourth-order valence-corrected chi connectivity index (χ4v) is 1.55. The number of rotatable bonds is 2. The van der Waals surface area contributed by atoms with Crippen LogP contribution in [0.3, 0.4) is 0 Å². The second kappa shape index (κ2) is 3.31. The van der Waals surface area contributed by atoms with E-state index in [1.807, 2.05) is 0 Å². The minimum atomic E-state index is -1.43. The molecule has 1 aromatic rings. The van der Waals surface area contributed by atoms with Gasteiger partial charge in [-0.1, -0.05) is 18.3 Å². The maximum atomic E-state index is 8.70. The standard InChI is InChI=1S/C5H6BNO2S2/c7-5(10)3-1-2-4(11-3)6(8)9/h1-2,8-9H,(H2,7,10). The van der Waals surface area contributed by atoms with E-state index in [9.17, 15) is 0 Å². The average molecular weight is 187 g/mol. The Balaban J connectivity index is 2.90. The molecule has 0 amide bonds. The van der Waals surface area contributed by atoms with Crippen molar-refractivity contribution in [3.63, 3.8) is 0 Å². The minimum Gasteiger partial charge on any atom is -0.423 e. The molecule has 0 saturated carbocycles. The van der Waals surface area contributed by atoms with Gasteiger partial charge in [0.2, 0.25) is 0 Å². The summed E-state index contributed by atoms with van der Waals surface area (Å²) in [6.45, 7) is 0. The van der Waals surface area contributed by atoms with Gasteiger partial charge in [-0.15, -0.1) is 11.3 Å². The SMILES string of the molecule is NC(=S)c1ccc(B(O)O)s1. The zero-order chi connectivity index (χ0) is 8.43. The highest BCUT2D eigenvalue weighted by Crippen LogP contribution is 2.05. The van der Waals surface area contributed by atoms with Crippen LogP contribution in [-0.4, -0.2) is 22.2 Å². The normalized spacial score (nSPS) is 9.64. The van der Waals surface area contributed by atoms with E-state index in [0.717, 1.165) is 0 Å². The molecule has 0 bridgehead atoms. The van der Waals surface area contributed by atoms with Crippen molar-refractivity contribution < 1.29 is 10.0 Å². The molecule has 58 valence electrons. The third-order valence-electron chi connectivity index (χ3n) is 1.12. The van der Waals surface area contributed by atoms with Crippen molar-refractivity contribution in [3.8, 4) is 0 Å². The lowest BCUT2D eigenvalue weighted by molar-refractivity contribution is 0.427. The van der Waals surface area contributed by atoms with Crippen LogP contribution in [0.5, 0.6) is 0 Å². The monoisotopic (exact) mass is 187 g/mol. The molecule has 0 unspecified atom stereocenters. The molecule has 1 aromatic heterocycles. The highest BCUT2D eigenvalue weighted by Gasteiger charge is 2.13. The van der Waals surface area contributed by atoms with E-state index in [-0.39, 0.29) is 4.99 Å². The Morgan fingerprint density at radius 3 is 2.45 bits per heavy atom. The summed E-state index contributed by atoms with van der Waals surface area (Å²) in [5.74, 6) is 0. The summed E-state index contributed by atoms with van der Waals surface area (Å²) in [5.41, 5.74) is 5.31. The first kappa shape index (κ1) is 8.67. The maximum Gasteiger partial charge on any atom is 0.499 e. The number of hydrogen-bond acceptors (Lipinski definition) is 4. The quantitative estimate of drug-likeness (QED) is 0.413. The first-order valence-corrected chi connectivity index (χ1v) is 4.09. The molecule has 6 heteroatoms. The van der Waals surface area contributed by atoms with Crippen LogP contribution < -0.4 is 10.5 Å². The molecule has 0 radical (unpaired) electrons. The lowest BCUT2D eigenvalue weighted by Gasteiger charge is -1.90. The van der Waals surface area contributed by atoms with Gasteiger partial charge in [0.15, 0.2) is 0 Å². The summed E-state index contributed by atoms with van der Waals surface area (Å²) in [6, 6.07) is 3.26. The molecule has 0 aliphatic carbocycles. The molecule has 11 heavy (non-hydrogen) atoms. The molecular formula is C5H6BNO2S2. The lowest BCUT2D eigenvalue weighted by Crippen LogP contribution is -2.26. The van der Waals surface area contributed by atoms with Gasteiger partial charge in [0.05, 0.1) is 4.88 Å². The van der Waals surface area contributed by atoms with Gasteiger partial charge in [-0.25, -0.2) is 0 Å². The van der Waals surface area contributed by atoms with Crippen molar-refractivity contribution >= 4 is 40.4 Å². The highest BCUT2D eigenvalue weighted by molar-refractivity contribution is 7.81. The van der Waals surface area contributed by atoms with Crippen molar-refractivity contribution in [2.45, 2.75) is 0 Å². The van der Waals surface area contributed by atoms with E-state index in [4.69, 9.17) is 15.8 Å². The van der Waals surface area contributed by atoms with Crippen LogP contribution in [0.1, 0.15) is 4.88 Å². The summed E-state index contributed by atoms with van der Waals surface area (Å²) >= 11 is 5.87. The lowest BCUT2D eigenvalue weighted by atomic mass is 9.90. The van der Waals surface area contributed by atoms with Crippen molar-refractivity contribution in [3.05, 3.63) is 17.0 Å². The van der Waals surface area contributed by atoms with E-state index in [1.54, 1.807) is 12.1 Å². The van der Waals surface area contributed by atoms with Crippen molar-refractivity contribution in [1.82, 2.24) is 0 Å². The van der Waals surface area contributed by atoms with E-state index in [2.05, 4.69) is 12.2 Å². The van der Waals surface area contributed by atoms with Crippen molar-refractivity contribution in [1.29, 1.82) is 0 Å². The number of nitrogens with two attached hydrogens (primary N) is 1. The van der Waals surface area contributed by atoms with Gasteiger partial charge in [-0.2, -0.15) is 0 Å². The Morgan fingerprint density at radius 1 is 1.55 bits per heavy atom. The summed E-state index contributed by atoms with van der Waals surface area (Å²) in [5, 5.41) is 17.4. The number of thiocarbonyl (C=S) groups is 1. The maximum absolute atomic E-state index is 8.70. The molecule has 0 atom stereocenters. The van der Waals surface area contributed by atoms with Gasteiger partial charge < -0.3 is 15.8 Å². The first-order chi connectivity index (χ1) is 5.11. The fourth-order valence-electron chi connectivity index (χ4n) is 0.624. The Kier molecular flexibility index (Phi) is 2.61. The molecule has 0 aliphatic rings. The van der Waals surface area contributed by atoms with Crippen LogP contribution in [0.2, 0.25) is 0 Å². The van der Waals surface area contributed by atoms with Gasteiger partial charge in [-0.3, -0.25) is 0 Å². The zero-order valence-corrected chi connectivity index (χ0v) is 7.15. The van der Waals surface area contributed by atoms with Gasteiger partial charge in [0.25, 0.3) is 0 Å². The second-order valence-corrected chi connectivity index (χ2v) is 3.50. The summed E-state index contributed by atoms with van der Waals surface area (Å²) in [6.07, 6.45) is 0. The summed E-state index contributed by atoms with van der Waals surface area (Å²) in [4.78, 5) is 0.977. The van der Waals surface area contributed by atoms with Crippen molar-refractivity contribution in [2.75, 3.05) is 0 Å². The predicted octanol–water partition coefficient (Wildman–Crippen LogP) is -0.938. The predicted molar refractivity (Wildman–Crippen MR) is 50.0 cm³/mol. The van der Waals surface area contributed by atoms with E-state index in [0.29, 0.717) is 9.65 Å². The van der Waals surface area contributed by atoms with Gasteiger partial charge in [0.1, 0.15) is 4.99 Å². The molecule has 0 spiro atoms. The van der Waals surface area contributed by atoms with Crippen LogP contribution >= 0.6 is 23.6 Å². The van der Waals surface area contributed by atoms with Crippen LogP contribution in [0.4, 0.5) is 0 Å². The molecule has 0 aromatic carbocycles. The van der Waals surface area contributed by atoms with Crippen molar-refractivity contribution in [2.24, 2.45) is 5.73 Å². The minimum absolute atomic E-state index is 0.280. The molecule has 1 rings (SSSR count). The van der Waals surface area contributed by atoms with Crippen LogP contribution in [0.15, 0.2) is 12.1 Å². The summed E-state index contributed by atoms with van der Waals surface area (Å²) < 4.78 is 0.452. The molecule has 3 nitrogen and oxygen atoms in total. The van der Waals surface area contributed by atoms with E-state index < -0.39 is 7.12 Å². The largest absolute Gasteiger partial charge is 0.499 e. The van der Waals surface area contributed by atoms with Crippen LogP contribution in [0, 0.1) is 0 Å². The van der Waals surface area contributed by atoms with Crippen LogP contribution in [-0.2, 0) is 0 Å². The molecule has 0 saturated heterocycles. The topological polar surface area (TPSA) is 66.5 Å². The van der Waals surface area contributed by atoms with Gasteiger partial charge >= 0.3 is 7.12 Å². The third kappa shape index (κ3) is 2.00. The molecule has 4 N–H and O–H groups in total. The Labute approximate surface area is 73.6 Å². The molecule has 0 fully saturated rings. The summed E-state index contributed by atoms with van der Waals surface area (Å²) in [7, 11) is -1.43. The number of hydrogen-bond donors (Lipinski definition) is 3. The molecule has 0 aliphatic heterocycles. The molecule has 1 heterocycles. The second-order valence-electron chi connectivity index (χ2n) is 1.94. The fraction of sp³-hybridized carbons (Fsp3) is 0. The molecular weight excluding hydrogens is 181 g/mol. The number of thiophene rings is 1.